The number of halogens is 1. The smallest absolute Gasteiger partial charge is 0.259 e. The minimum absolute atomic E-state index is 0. The van der Waals surface area contributed by atoms with Crippen molar-refractivity contribution in [3.05, 3.63) is 17.0 Å². The van der Waals surface area contributed by atoms with E-state index in [1.165, 1.54) is 0 Å². The lowest BCUT2D eigenvalue weighted by molar-refractivity contribution is 0.0706. The SMILES string of the molecule is CCc1onc(C)c1C(=O)N1CCNC(C)C1.Cl. The van der Waals surface area contributed by atoms with E-state index in [0.717, 1.165) is 19.6 Å². The summed E-state index contributed by atoms with van der Waals surface area (Å²) >= 11 is 0. The highest BCUT2D eigenvalue weighted by atomic mass is 35.5. The molecule has 2 rings (SSSR count). The summed E-state index contributed by atoms with van der Waals surface area (Å²) in [7, 11) is 0. The molecule has 0 bridgehead atoms. The van der Waals surface area contributed by atoms with Crippen LogP contribution in [-0.4, -0.2) is 41.6 Å². The Balaban J connectivity index is 0.00000162. The van der Waals surface area contributed by atoms with Gasteiger partial charge in [-0.25, -0.2) is 0 Å². The molecule has 6 heteroatoms. The zero-order valence-electron chi connectivity index (χ0n) is 11.0. The fourth-order valence-electron chi connectivity index (χ4n) is 2.21. The molecule has 0 radical (unpaired) electrons. The van der Waals surface area contributed by atoms with Crippen LogP contribution in [0.3, 0.4) is 0 Å². The lowest BCUT2D eigenvalue weighted by atomic mass is 10.1. The number of piperazine rings is 1. The van der Waals surface area contributed by atoms with E-state index in [1.54, 1.807) is 0 Å². The molecule has 2 heterocycles. The standard InChI is InChI=1S/C12H19N3O2.ClH/c1-4-10-11(9(3)14-17-10)12(16)15-6-5-13-8(2)7-15;/h8,13H,4-7H2,1-3H3;1H. The van der Waals surface area contributed by atoms with Crippen LogP contribution in [0.1, 0.15) is 35.7 Å². The molecule has 5 nitrogen and oxygen atoms in total. The number of hydrogen-bond acceptors (Lipinski definition) is 4. The summed E-state index contributed by atoms with van der Waals surface area (Å²) in [6, 6.07) is 0.345. The van der Waals surface area contributed by atoms with Crippen molar-refractivity contribution in [2.24, 2.45) is 0 Å². The van der Waals surface area contributed by atoms with Crippen LogP contribution in [0.25, 0.3) is 0 Å². The molecule has 1 atom stereocenters. The summed E-state index contributed by atoms with van der Waals surface area (Å²) in [6.07, 6.45) is 0.698. The molecule has 1 aromatic heterocycles. The average molecular weight is 274 g/mol. The maximum Gasteiger partial charge on any atom is 0.259 e. The first-order chi connectivity index (χ1) is 8.13. The Labute approximate surface area is 113 Å². The van der Waals surface area contributed by atoms with Crippen molar-refractivity contribution in [3.63, 3.8) is 0 Å². The summed E-state index contributed by atoms with van der Waals surface area (Å²) in [5.41, 5.74) is 1.35. The summed E-state index contributed by atoms with van der Waals surface area (Å²) in [6.45, 7) is 8.21. The number of aromatic nitrogens is 1. The average Bonchev–Trinajstić information content (AvgIpc) is 2.69. The molecule has 1 unspecified atom stereocenters. The Hall–Kier alpha value is -1.07. The number of nitrogens with zero attached hydrogens (tertiary/aromatic N) is 2. The van der Waals surface area contributed by atoms with E-state index in [1.807, 2.05) is 18.7 Å². The molecule has 0 saturated carbocycles. The quantitative estimate of drug-likeness (QED) is 0.885. The van der Waals surface area contributed by atoms with Gasteiger partial charge < -0.3 is 14.7 Å². The third kappa shape index (κ3) is 2.84. The van der Waals surface area contributed by atoms with Gasteiger partial charge in [0.1, 0.15) is 11.3 Å². The van der Waals surface area contributed by atoms with Gasteiger partial charge in [-0.2, -0.15) is 0 Å². The molecule has 1 fully saturated rings. The topological polar surface area (TPSA) is 58.4 Å². The van der Waals surface area contributed by atoms with E-state index in [-0.39, 0.29) is 18.3 Å². The Morgan fingerprint density at radius 2 is 2.33 bits per heavy atom. The first-order valence-electron chi connectivity index (χ1n) is 6.11. The number of aryl methyl sites for hydroxylation is 2. The molecule has 0 aromatic carbocycles. The molecular weight excluding hydrogens is 254 g/mol. The molecule has 102 valence electrons. The first-order valence-corrected chi connectivity index (χ1v) is 6.11. The van der Waals surface area contributed by atoms with Crippen LogP contribution in [0, 0.1) is 6.92 Å². The van der Waals surface area contributed by atoms with Crippen molar-refractivity contribution in [1.82, 2.24) is 15.4 Å². The van der Waals surface area contributed by atoms with Gasteiger partial charge in [0.25, 0.3) is 5.91 Å². The predicted molar refractivity (Wildman–Crippen MR) is 71.2 cm³/mol. The highest BCUT2D eigenvalue weighted by Crippen LogP contribution is 2.17. The van der Waals surface area contributed by atoms with Crippen LogP contribution in [0.15, 0.2) is 4.52 Å². The van der Waals surface area contributed by atoms with Crippen LogP contribution >= 0.6 is 12.4 Å². The predicted octanol–water partition coefficient (Wildman–Crippen LogP) is 1.40. The zero-order valence-corrected chi connectivity index (χ0v) is 11.8. The minimum Gasteiger partial charge on any atom is -0.360 e. The summed E-state index contributed by atoms with van der Waals surface area (Å²) in [5, 5.41) is 7.21. The number of amides is 1. The lowest BCUT2D eigenvalue weighted by Crippen LogP contribution is -2.51. The molecule has 0 aliphatic carbocycles. The fraction of sp³-hybridized carbons (Fsp3) is 0.667. The third-order valence-electron chi connectivity index (χ3n) is 3.12. The minimum atomic E-state index is 0. The molecule has 1 N–H and O–H groups in total. The maximum absolute atomic E-state index is 12.4. The van der Waals surface area contributed by atoms with Gasteiger partial charge >= 0.3 is 0 Å². The molecule has 1 saturated heterocycles. The summed E-state index contributed by atoms with van der Waals surface area (Å²) < 4.78 is 5.17. The van der Waals surface area contributed by atoms with Gasteiger partial charge in [-0.05, 0) is 13.8 Å². The van der Waals surface area contributed by atoms with E-state index < -0.39 is 0 Å². The Bertz CT molecular complexity index is 419. The Morgan fingerprint density at radius 1 is 1.61 bits per heavy atom. The van der Waals surface area contributed by atoms with Crippen molar-refractivity contribution in [1.29, 1.82) is 0 Å². The third-order valence-corrected chi connectivity index (χ3v) is 3.12. The van der Waals surface area contributed by atoms with Crippen LogP contribution in [0.2, 0.25) is 0 Å². The first kappa shape index (κ1) is 15.0. The molecular formula is C12H20ClN3O2. The maximum atomic E-state index is 12.4. The van der Waals surface area contributed by atoms with Crippen molar-refractivity contribution in [2.45, 2.75) is 33.2 Å². The number of carbonyl (C=O) groups is 1. The number of rotatable bonds is 2. The van der Waals surface area contributed by atoms with Crippen molar-refractivity contribution in [3.8, 4) is 0 Å². The highest BCUT2D eigenvalue weighted by Gasteiger charge is 2.27. The highest BCUT2D eigenvalue weighted by molar-refractivity contribution is 5.96. The number of carbonyl (C=O) groups excluding carboxylic acids is 1. The van der Waals surface area contributed by atoms with E-state index in [9.17, 15) is 4.79 Å². The van der Waals surface area contributed by atoms with Crippen LogP contribution in [-0.2, 0) is 6.42 Å². The van der Waals surface area contributed by atoms with Gasteiger partial charge in [0.2, 0.25) is 0 Å². The second kappa shape index (κ2) is 6.20. The van der Waals surface area contributed by atoms with Gasteiger partial charge in [-0.15, -0.1) is 12.4 Å². The van der Waals surface area contributed by atoms with Crippen molar-refractivity contribution < 1.29 is 9.32 Å². The normalized spacial score (nSPS) is 19.5. The fourth-order valence-corrected chi connectivity index (χ4v) is 2.21. The van der Waals surface area contributed by atoms with E-state index in [2.05, 4.69) is 17.4 Å². The number of nitrogens with one attached hydrogen (secondary N) is 1. The monoisotopic (exact) mass is 273 g/mol. The lowest BCUT2D eigenvalue weighted by Gasteiger charge is -2.31. The molecule has 0 spiro atoms. The largest absolute Gasteiger partial charge is 0.360 e. The summed E-state index contributed by atoms with van der Waals surface area (Å²) in [5.74, 6) is 0.743. The molecule has 1 amide bonds. The Kier molecular flexibility index (Phi) is 5.16. The molecule has 1 aliphatic heterocycles. The van der Waals surface area contributed by atoms with Crippen molar-refractivity contribution >= 4 is 18.3 Å². The molecule has 18 heavy (non-hydrogen) atoms. The summed E-state index contributed by atoms with van der Waals surface area (Å²) in [4.78, 5) is 14.3. The van der Waals surface area contributed by atoms with Crippen LogP contribution in [0.5, 0.6) is 0 Å². The van der Waals surface area contributed by atoms with Gasteiger partial charge in [0.05, 0.1) is 5.69 Å². The van der Waals surface area contributed by atoms with E-state index in [4.69, 9.17) is 4.52 Å². The second-order valence-corrected chi connectivity index (χ2v) is 4.53. The van der Waals surface area contributed by atoms with Gasteiger partial charge in [-0.3, -0.25) is 4.79 Å². The van der Waals surface area contributed by atoms with Crippen molar-refractivity contribution in [2.75, 3.05) is 19.6 Å². The zero-order chi connectivity index (χ0) is 12.4. The Morgan fingerprint density at radius 3 is 2.94 bits per heavy atom. The van der Waals surface area contributed by atoms with Crippen LogP contribution < -0.4 is 5.32 Å². The molecule has 1 aliphatic rings. The second-order valence-electron chi connectivity index (χ2n) is 4.53. The van der Waals surface area contributed by atoms with E-state index >= 15 is 0 Å². The van der Waals surface area contributed by atoms with Gasteiger partial charge in [0.15, 0.2) is 0 Å². The van der Waals surface area contributed by atoms with Gasteiger partial charge in [0, 0.05) is 32.1 Å². The van der Waals surface area contributed by atoms with Crippen LogP contribution in [0.4, 0.5) is 0 Å². The van der Waals surface area contributed by atoms with E-state index in [0.29, 0.717) is 29.5 Å². The molecule has 1 aromatic rings. The van der Waals surface area contributed by atoms with Gasteiger partial charge in [-0.1, -0.05) is 12.1 Å². The number of hydrogen-bond donors (Lipinski definition) is 1.